The summed E-state index contributed by atoms with van der Waals surface area (Å²) in [6, 6.07) is 0. The molecule has 0 aliphatic rings. The molecule has 10 heavy (non-hydrogen) atoms. The second kappa shape index (κ2) is 5.39. The Morgan fingerprint density at radius 1 is 1.30 bits per heavy atom. The van der Waals surface area contributed by atoms with Crippen LogP contribution in [0.3, 0.4) is 0 Å². The van der Waals surface area contributed by atoms with Crippen LogP contribution in [-0.4, -0.2) is 0 Å². The molecule has 10 nitrogen and oxygen atoms in total. The van der Waals surface area contributed by atoms with E-state index in [4.69, 9.17) is 0 Å². The summed E-state index contributed by atoms with van der Waals surface area (Å²) in [7, 11) is 0. The number of nitrogens with one attached hydrogen (secondary N) is 3. The van der Waals surface area contributed by atoms with Gasteiger partial charge in [0.05, 0.1) is 0 Å². The van der Waals surface area contributed by atoms with Gasteiger partial charge in [-0.1, -0.05) is 9.88 Å². The fourth-order valence-electron chi connectivity index (χ4n) is 0.120. The zero-order chi connectivity index (χ0) is 7.98. The van der Waals surface area contributed by atoms with Crippen LogP contribution >= 0.6 is 0 Å². The van der Waals surface area contributed by atoms with E-state index < -0.39 is 10.7 Å². The summed E-state index contributed by atoms with van der Waals surface area (Å²) in [5.74, 6) is 8.74. The Kier molecular flexibility index (Phi) is 5.17. The Balaban J connectivity index is 3.03. The maximum Gasteiger partial charge on any atom is 0.0375 e. The summed E-state index contributed by atoms with van der Waals surface area (Å²) in [5, 5.41) is 17.2. The van der Waals surface area contributed by atoms with Crippen molar-refractivity contribution in [2.75, 3.05) is 0 Å². The van der Waals surface area contributed by atoms with E-state index in [0.717, 1.165) is 0 Å². The Morgan fingerprint density at radius 3 is 2.30 bits per heavy atom. The van der Waals surface area contributed by atoms with Crippen LogP contribution in [-0.2, 0) is 14.8 Å². The third-order valence-corrected chi connectivity index (χ3v) is 0.363. The summed E-state index contributed by atoms with van der Waals surface area (Å²) in [6.45, 7) is 0. The Morgan fingerprint density at radius 2 is 1.90 bits per heavy atom. The van der Waals surface area contributed by atoms with E-state index in [2.05, 4.69) is 26.6 Å². The molecule has 0 aromatic carbocycles. The first-order chi connectivity index (χ1) is 4.66. The monoisotopic (exact) mass is 157 g/mol. The molecule has 0 aliphatic carbocycles. The summed E-state index contributed by atoms with van der Waals surface area (Å²) in [6.07, 6.45) is 0. The molecule has 0 bridgehead atoms. The molecule has 0 aromatic rings. The van der Waals surface area contributed by atoms with Gasteiger partial charge in [0.25, 0.3) is 0 Å². The van der Waals surface area contributed by atoms with Gasteiger partial charge in [-0.25, -0.2) is 0 Å². The van der Waals surface area contributed by atoms with Crippen molar-refractivity contribution in [2.24, 2.45) is 11.7 Å². The molecule has 0 rings (SSSR count). The van der Waals surface area contributed by atoms with E-state index in [0.29, 0.717) is 0 Å². The van der Waals surface area contributed by atoms with Crippen LogP contribution < -0.4 is 28.1 Å². The molecule has 0 radical (unpaired) electrons. The lowest BCUT2D eigenvalue weighted by Gasteiger charge is -2.14. The Labute approximate surface area is 54.7 Å². The minimum absolute atomic E-state index is 1.16. The second-order valence-electron chi connectivity index (χ2n) is 0.974. The molecule has 0 aromatic heterocycles. The first kappa shape index (κ1) is 9.60. The van der Waals surface area contributed by atoms with Crippen molar-refractivity contribution in [2.45, 2.75) is 0 Å². The fourth-order valence-corrected chi connectivity index (χ4v) is 0.120. The van der Waals surface area contributed by atoms with Crippen LogP contribution in [0.5, 0.6) is 0 Å². The zero-order valence-electron chi connectivity index (χ0n) is 4.70. The van der Waals surface area contributed by atoms with E-state index in [-0.39, 0.29) is 0 Å². The van der Waals surface area contributed by atoms with Gasteiger partial charge in [0.1, 0.15) is 0 Å². The van der Waals surface area contributed by atoms with Crippen LogP contribution in [0, 0.1) is 10.4 Å². The highest BCUT2D eigenvalue weighted by molar-refractivity contribution is 3.78. The van der Waals surface area contributed by atoms with Gasteiger partial charge in [-0.05, 0) is 10.3 Å². The number of hydrogen-bond acceptors (Lipinski definition) is 8. The lowest BCUT2D eigenvalue weighted by molar-refractivity contribution is -1.23. The molecule has 7 N–H and O–H groups in total. The Hall–Kier alpha value is -0.400. The predicted octanol–water partition coefficient (Wildman–Crippen LogP) is -5.29. The van der Waals surface area contributed by atoms with Crippen molar-refractivity contribution in [1.29, 1.82) is 0 Å². The molecule has 0 heterocycles. The molecule has 0 saturated heterocycles. The van der Waals surface area contributed by atoms with Crippen molar-refractivity contribution < 1.29 is 25.5 Å². The summed E-state index contributed by atoms with van der Waals surface area (Å²) in [4.78, 5) is 10.9. The molecule has 0 saturated carbocycles. The smallest absolute Gasteiger partial charge is 0.0375 e. The molecular formula is H7N5O5. The predicted molar refractivity (Wildman–Crippen MR) is 23.4 cm³/mol. The van der Waals surface area contributed by atoms with Crippen LogP contribution in [0.1, 0.15) is 0 Å². The van der Waals surface area contributed by atoms with E-state index >= 15 is 0 Å². The zero-order valence-corrected chi connectivity index (χ0v) is 4.70. The minimum atomic E-state index is -1.26. The van der Waals surface area contributed by atoms with E-state index in [9.17, 15) is 10.4 Å². The fraction of sp³-hybridized carbons (Fsp3) is 0. The van der Waals surface area contributed by atoms with Gasteiger partial charge in [-0.2, -0.15) is 5.90 Å². The van der Waals surface area contributed by atoms with Crippen molar-refractivity contribution in [3.8, 4) is 0 Å². The highest BCUT2D eigenvalue weighted by Crippen LogP contribution is 1.41. The molecule has 0 aliphatic heterocycles. The third-order valence-electron chi connectivity index (χ3n) is 0.363. The third kappa shape index (κ3) is 5.73. The quantitative estimate of drug-likeness (QED) is 0.196. The van der Waals surface area contributed by atoms with E-state index in [1.165, 1.54) is 5.64 Å². The summed E-state index contributed by atoms with van der Waals surface area (Å²) in [5.41, 5.74) is 1.41. The maximum absolute atomic E-state index is 9.93. The minimum Gasteiger partial charge on any atom is -0.578 e. The van der Waals surface area contributed by atoms with Crippen LogP contribution in [0.25, 0.3) is 0 Å². The second-order valence-corrected chi connectivity index (χ2v) is 0.974. The van der Waals surface area contributed by atoms with Crippen molar-refractivity contribution in [3.05, 3.63) is 10.4 Å². The summed E-state index contributed by atoms with van der Waals surface area (Å²) < 4.78 is 0. The van der Waals surface area contributed by atoms with Gasteiger partial charge in [0.2, 0.25) is 0 Å². The SMILES string of the molecule is NO[NH+]([O-])ONO[NH+](N)[O-]. The maximum atomic E-state index is 9.93. The van der Waals surface area contributed by atoms with Gasteiger partial charge in [0.15, 0.2) is 0 Å². The molecule has 10 heteroatoms. The lowest BCUT2D eigenvalue weighted by atomic mass is 12.6. The average Bonchev–Trinajstić information content (AvgIpc) is 1.87. The van der Waals surface area contributed by atoms with E-state index in [1.807, 2.05) is 0 Å². The van der Waals surface area contributed by atoms with Crippen molar-refractivity contribution >= 4 is 0 Å². The molecule has 2 atom stereocenters. The molecular weight excluding hydrogens is 150 g/mol. The van der Waals surface area contributed by atoms with Gasteiger partial charge in [0, 0.05) is 5.64 Å². The van der Waals surface area contributed by atoms with Gasteiger partial charge in [-0.15, -0.1) is 11.2 Å². The molecule has 62 valence electrons. The largest absolute Gasteiger partial charge is 0.578 e. The highest BCUT2D eigenvalue weighted by Gasteiger charge is 1.96. The van der Waals surface area contributed by atoms with Crippen molar-refractivity contribution in [3.63, 3.8) is 0 Å². The molecule has 0 amide bonds. The summed E-state index contributed by atoms with van der Waals surface area (Å²) >= 11 is 0. The first-order valence-electron chi connectivity index (χ1n) is 1.95. The number of quaternary nitrogens is 2. The van der Waals surface area contributed by atoms with Crippen LogP contribution in [0.15, 0.2) is 0 Å². The highest BCUT2D eigenvalue weighted by atomic mass is 17.2. The molecule has 2 unspecified atom stereocenters. The standard InChI is InChI=1S/H7N5O5/c1-4(6)9-3-10-5(7)8-2/h3-5H,1-2H2. The van der Waals surface area contributed by atoms with Gasteiger partial charge in [-0.3, -0.25) is 0 Å². The Bertz CT molecular complexity index is 74.4. The van der Waals surface area contributed by atoms with Crippen molar-refractivity contribution in [1.82, 2.24) is 5.64 Å². The average molecular weight is 157 g/mol. The van der Waals surface area contributed by atoms with Gasteiger partial charge >= 0.3 is 0 Å². The topological polar surface area (TPSA) is 147 Å². The molecule has 0 fully saturated rings. The lowest BCUT2D eigenvalue weighted by Crippen LogP contribution is -3.15. The van der Waals surface area contributed by atoms with Crippen LogP contribution in [0.2, 0.25) is 0 Å². The number of nitrogens with two attached hydrogens (primary N) is 2. The number of rotatable bonds is 5. The molecule has 0 spiro atoms. The van der Waals surface area contributed by atoms with Crippen LogP contribution in [0.4, 0.5) is 0 Å². The van der Waals surface area contributed by atoms with Gasteiger partial charge < -0.3 is 10.4 Å². The normalized spacial score (nSPS) is 16.8. The van der Waals surface area contributed by atoms with E-state index in [1.54, 1.807) is 0 Å². The first-order valence-corrected chi connectivity index (χ1v) is 1.95. The number of hydrogen-bond donors (Lipinski definition) is 5.